The van der Waals surface area contributed by atoms with Crippen molar-refractivity contribution in [2.45, 2.75) is 20.5 Å². The molecule has 3 nitrogen and oxygen atoms in total. The molecule has 24 heavy (non-hydrogen) atoms. The fraction of sp³-hybridized carbons (Fsp3) is 0.211. The first kappa shape index (κ1) is 17.1. The molecule has 0 amide bonds. The zero-order valence-corrected chi connectivity index (χ0v) is 16.1. The summed E-state index contributed by atoms with van der Waals surface area (Å²) in [6, 6.07) is 14.2. The van der Waals surface area contributed by atoms with Gasteiger partial charge < -0.3 is 4.74 Å². The Labute approximate surface area is 155 Å². The predicted octanol–water partition coefficient (Wildman–Crippen LogP) is 5.70. The lowest BCUT2D eigenvalue weighted by Gasteiger charge is -2.11. The Bertz CT molecular complexity index is 889. The Morgan fingerprint density at radius 3 is 2.54 bits per heavy atom. The maximum Gasteiger partial charge on any atom is 0.130 e. The van der Waals surface area contributed by atoms with Crippen LogP contribution in [-0.2, 0) is 13.7 Å². The van der Waals surface area contributed by atoms with Crippen molar-refractivity contribution in [1.82, 2.24) is 9.78 Å². The predicted molar refractivity (Wildman–Crippen MR) is 102 cm³/mol. The SMILES string of the molecule is Cc1cc(-c2nn(C)c(Cl)c2C)ccc1OCc1ccccc1Br. The average Bonchev–Trinajstić information content (AvgIpc) is 2.82. The van der Waals surface area contributed by atoms with Crippen molar-refractivity contribution in [3.63, 3.8) is 0 Å². The van der Waals surface area contributed by atoms with E-state index in [0.717, 1.165) is 38.2 Å². The van der Waals surface area contributed by atoms with Crippen molar-refractivity contribution in [3.05, 3.63) is 68.8 Å². The third kappa shape index (κ3) is 3.35. The molecule has 0 aliphatic carbocycles. The minimum absolute atomic E-state index is 0.524. The molecule has 3 aromatic rings. The molecule has 1 aromatic heterocycles. The van der Waals surface area contributed by atoms with Gasteiger partial charge in [-0.15, -0.1) is 0 Å². The van der Waals surface area contributed by atoms with Gasteiger partial charge in [0.25, 0.3) is 0 Å². The van der Waals surface area contributed by atoms with Crippen LogP contribution in [0.2, 0.25) is 5.15 Å². The standard InChI is InChI=1S/C19H18BrClN2O/c1-12-10-14(18-13(2)19(21)23(3)22-18)8-9-17(12)24-11-15-6-4-5-7-16(15)20/h4-10H,11H2,1-3H3. The molecule has 3 rings (SSSR count). The fourth-order valence-electron chi connectivity index (χ4n) is 2.61. The first-order valence-electron chi connectivity index (χ1n) is 7.63. The molecular formula is C19H18BrClN2O. The lowest BCUT2D eigenvalue weighted by molar-refractivity contribution is 0.303. The van der Waals surface area contributed by atoms with Crippen LogP contribution < -0.4 is 4.74 Å². The van der Waals surface area contributed by atoms with Crippen molar-refractivity contribution < 1.29 is 4.74 Å². The van der Waals surface area contributed by atoms with E-state index in [2.05, 4.69) is 27.1 Å². The van der Waals surface area contributed by atoms with E-state index in [1.54, 1.807) is 4.68 Å². The van der Waals surface area contributed by atoms with Crippen LogP contribution >= 0.6 is 27.5 Å². The molecule has 0 fully saturated rings. The lowest BCUT2D eigenvalue weighted by atomic mass is 10.1. The number of ether oxygens (including phenoxy) is 1. The number of hydrogen-bond acceptors (Lipinski definition) is 2. The molecule has 0 saturated carbocycles. The molecule has 124 valence electrons. The Kier molecular flexibility index (Phi) is 4.97. The molecular weight excluding hydrogens is 388 g/mol. The molecule has 0 unspecified atom stereocenters. The van der Waals surface area contributed by atoms with Crippen LogP contribution in [0, 0.1) is 13.8 Å². The minimum atomic E-state index is 0.524. The number of hydrogen-bond donors (Lipinski definition) is 0. The van der Waals surface area contributed by atoms with Gasteiger partial charge >= 0.3 is 0 Å². The summed E-state index contributed by atoms with van der Waals surface area (Å²) >= 11 is 9.77. The van der Waals surface area contributed by atoms with E-state index in [1.165, 1.54) is 0 Å². The van der Waals surface area contributed by atoms with Gasteiger partial charge in [-0.2, -0.15) is 5.10 Å². The molecule has 2 aromatic carbocycles. The Morgan fingerprint density at radius 1 is 1.17 bits per heavy atom. The van der Waals surface area contributed by atoms with Gasteiger partial charge in [0, 0.05) is 28.2 Å². The van der Waals surface area contributed by atoms with Crippen LogP contribution in [0.1, 0.15) is 16.7 Å². The second kappa shape index (κ2) is 6.99. The van der Waals surface area contributed by atoms with Crippen LogP contribution in [0.3, 0.4) is 0 Å². The Balaban J connectivity index is 1.82. The third-order valence-corrected chi connectivity index (χ3v) is 5.29. The average molecular weight is 406 g/mol. The highest BCUT2D eigenvalue weighted by atomic mass is 79.9. The summed E-state index contributed by atoms with van der Waals surface area (Å²) in [5.41, 5.74) is 5.12. The van der Waals surface area contributed by atoms with E-state index < -0.39 is 0 Å². The number of nitrogens with zero attached hydrogens (tertiary/aromatic N) is 2. The summed E-state index contributed by atoms with van der Waals surface area (Å²) in [6.45, 7) is 4.55. The molecule has 0 spiro atoms. The highest BCUT2D eigenvalue weighted by Gasteiger charge is 2.13. The number of aromatic nitrogens is 2. The monoisotopic (exact) mass is 404 g/mol. The van der Waals surface area contributed by atoms with Gasteiger partial charge in [-0.1, -0.05) is 45.7 Å². The summed E-state index contributed by atoms with van der Waals surface area (Å²) in [7, 11) is 1.85. The van der Waals surface area contributed by atoms with Crippen LogP contribution in [0.15, 0.2) is 46.9 Å². The van der Waals surface area contributed by atoms with Crippen LogP contribution in [-0.4, -0.2) is 9.78 Å². The van der Waals surface area contributed by atoms with Gasteiger partial charge in [0.15, 0.2) is 0 Å². The second-order valence-electron chi connectivity index (χ2n) is 5.75. The molecule has 0 aliphatic heterocycles. The summed E-state index contributed by atoms with van der Waals surface area (Å²) in [5, 5.41) is 5.16. The van der Waals surface area contributed by atoms with E-state index >= 15 is 0 Å². The summed E-state index contributed by atoms with van der Waals surface area (Å²) in [5.74, 6) is 0.870. The quantitative estimate of drug-likeness (QED) is 0.557. The van der Waals surface area contributed by atoms with E-state index in [-0.39, 0.29) is 0 Å². The van der Waals surface area contributed by atoms with Gasteiger partial charge in [-0.25, -0.2) is 0 Å². The Morgan fingerprint density at radius 2 is 1.92 bits per heavy atom. The van der Waals surface area contributed by atoms with Crippen LogP contribution in [0.5, 0.6) is 5.75 Å². The fourth-order valence-corrected chi connectivity index (χ4v) is 3.14. The molecule has 0 atom stereocenters. The normalized spacial score (nSPS) is 10.9. The number of rotatable bonds is 4. The second-order valence-corrected chi connectivity index (χ2v) is 6.96. The van der Waals surface area contributed by atoms with Gasteiger partial charge in [-0.3, -0.25) is 4.68 Å². The molecule has 1 heterocycles. The highest BCUT2D eigenvalue weighted by Crippen LogP contribution is 2.31. The van der Waals surface area contributed by atoms with Crippen LogP contribution in [0.4, 0.5) is 0 Å². The number of halogens is 2. The summed E-state index contributed by atoms with van der Waals surface area (Å²) in [6.07, 6.45) is 0. The van der Waals surface area contributed by atoms with Crippen LogP contribution in [0.25, 0.3) is 11.3 Å². The smallest absolute Gasteiger partial charge is 0.130 e. The summed E-state index contributed by atoms with van der Waals surface area (Å²) < 4.78 is 8.72. The largest absolute Gasteiger partial charge is 0.489 e. The Hall–Kier alpha value is -1.78. The molecule has 0 radical (unpaired) electrons. The first-order chi connectivity index (χ1) is 11.5. The van der Waals surface area contributed by atoms with E-state index in [1.807, 2.05) is 57.3 Å². The zero-order chi connectivity index (χ0) is 17.3. The maximum absolute atomic E-state index is 6.22. The molecule has 0 N–H and O–H groups in total. The lowest BCUT2D eigenvalue weighted by Crippen LogP contribution is -1.98. The summed E-state index contributed by atoms with van der Waals surface area (Å²) in [4.78, 5) is 0. The van der Waals surface area contributed by atoms with Crippen molar-refractivity contribution in [2.24, 2.45) is 7.05 Å². The first-order valence-corrected chi connectivity index (χ1v) is 8.81. The molecule has 0 saturated heterocycles. The number of aryl methyl sites for hydroxylation is 2. The molecule has 0 aliphatic rings. The zero-order valence-electron chi connectivity index (χ0n) is 13.8. The van der Waals surface area contributed by atoms with Gasteiger partial charge in [-0.05, 0) is 43.7 Å². The number of benzene rings is 2. The van der Waals surface area contributed by atoms with Crippen molar-refractivity contribution in [2.75, 3.05) is 0 Å². The van der Waals surface area contributed by atoms with Gasteiger partial charge in [0.1, 0.15) is 17.5 Å². The molecule has 5 heteroatoms. The minimum Gasteiger partial charge on any atom is -0.489 e. The van der Waals surface area contributed by atoms with E-state index in [4.69, 9.17) is 16.3 Å². The van der Waals surface area contributed by atoms with Gasteiger partial charge in [0.05, 0.1) is 5.69 Å². The van der Waals surface area contributed by atoms with E-state index in [0.29, 0.717) is 11.8 Å². The third-order valence-electron chi connectivity index (χ3n) is 3.99. The van der Waals surface area contributed by atoms with Gasteiger partial charge in [0.2, 0.25) is 0 Å². The van der Waals surface area contributed by atoms with Crippen molar-refractivity contribution in [3.8, 4) is 17.0 Å². The maximum atomic E-state index is 6.22. The molecule has 0 bridgehead atoms. The van der Waals surface area contributed by atoms with Crippen molar-refractivity contribution >= 4 is 27.5 Å². The van der Waals surface area contributed by atoms with E-state index in [9.17, 15) is 0 Å². The topological polar surface area (TPSA) is 27.1 Å². The highest BCUT2D eigenvalue weighted by molar-refractivity contribution is 9.10. The van der Waals surface area contributed by atoms with Crippen molar-refractivity contribution in [1.29, 1.82) is 0 Å².